The summed E-state index contributed by atoms with van der Waals surface area (Å²) in [7, 11) is 0. The molecule has 0 aliphatic heterocycles. The molecule has 0 saturated carbocycles. The van der Waals surface area contributed by atoms with Crippen molar-refractivity contribution in [2.24, 2.45) is 0 Å². The number of phenols is 1. The van der Waals surface area contributed by atoms with Gasteiger partial charge >= 0.3 is 0 Å². The van der Waals surface area contributed by atoms with Crippen LogP contribution in [0.4, 0.5) is 0 Å². The van der Waals surface area contributed by atoms with Gasteiger partial charge in [-0.15, -0.1) is 18.3 Å². The number of allylic oxidation sites excluding steroid dienone is 1. The Kier molecular flexibility index (Phi) is 5.23. The molecule has 14 heavy (non-hydrogen) atoms. The lowest BCUT2D eigenvalue weighted by Gasteiger charge is -2.00. The lowest BCUT2D eigenvalue weighted by molar-refractivity contribution is 0.475. The average Bonchev–Trinajstić information content (AvgIpc) is 2.21. The van der Waals surface area contributed by atoms with Crippen LogP contribution in [0, 0.1) is 0 Å². The highest BCUT2D eigenvalue weighted by molar-refractivity contribution is 7.99. The fourth-order valence-corrected chi connectivity index (χ4v) is 2.04. The quantitative estimate of drug-likeness (QED) is 0.435. The molecule has 0 bridgehead atoms. The van der Waals surface area contributed by atoms with Gasteiger partial charge in [-0.05, 0) is 49.3 Å². The molecule has 1 aromatic rings. The van der Waals surface area contributed by atoms with E-state index in [0.717, 1.165) is 12.2 Å². The van der Waals surface area contributed by atoms with E-state index in [1.54, 1.807) is 12.1 Å². The molecule has 0 aliphatic carbocycles. The fraction of sp³-hybridized carbons (Fsp3) is 0.333. The van der Waals surface area contributed by atoms with Crippen LogP contribution in [-0.2, 0) is 0 Å². The van der Waals surface area contributed by atoms with E-state index in [1.807, 2.05) is 30.0 Å². The molecule has 0 heterocycles. The van der Waals surface area contributed by atoms with Crippen LogP contribution < -0.4 is 0 Å². The average molecular weight is 208 g/mol. The molecular weight excluding hydrogens is 192 g/mol. The first-order valence-corrected chi connectivity index (χ1v) is 5.84. The number of phenolic OH excluding ortho intramolecular Hbond substituents is 1. The third kappa shape index (κ3) is 4.38. The highest BCUT2D eigenvalue weighted by atomic mass is 32.2. The first-order valence-electron chi connectivity index (χ1n) is 4.85. The smallest absolute Gasteiger partial charge is 0.115 e. The highest BCUT2D eigenvalue weighted by Gasteiger charge is 1.93. The van der Waals surface area contributed by atoms with Crippen molar-refractivity contribution in [2.45, 2.75) is 24.2 Å². The van der Waals surface area contributed by atoms with Gasteiger partial charge in [-0.3, -0.25) is 0 Å². The first-order chi connectivity index (χ1) is 6.83. The summed E-state index contributed by atoms with van der Waals surface area (Å²) >= 11 is 1.83. The topological polar surface area (TPSA) is 20.2 Å². The van der Waals surface area contributed by atoms with Crippen LogP contribution in [0.3, 0.4) is 0 Å². The van der Waals surface area contributed by atoms with Crippen molar-refractivity contribution >= 4 is 11.8 Å². The molecule has 1 N–H and O–H groups in total. The zero-order valence-electron chi connectivity index (χ0n) is 8.28. The summed E-state index contributed by atoms with van der Waals surface area (Å²) in [5.74, 6) is 1.47. The van der Waals surface area contributed by atoms with Crippen molar-refractivity contribution in [1.29, 1.82) is 0 Å². The minimum atomic E-state index is 0.334. The van der Waals surface area contributed by atoms with Crippen LogP contribution in [0.15, 0.2) is 41.8 Å². The Labute approximate surface area is 89.8 Å². The third-order valence-electron chi connectivity index (χ3n) is 1.91. The van der Waals surface area contributed by atoms with E-state index in [9.17, 15) is 0 Å². The molecule has 76 valence electrons. The van der Waals surface area contributed by atoms with E-state index in [2.05, 4.69) is 6.58 Å². The van der Waals surface area contributed by atoms with Crippen LogP contribution in [0.25, 0.3) is 0 Å². The maximum absolute atomic E-state index is 9.08. The molecule has 0 atom stereocenters. The number of unbranched alkanes of at least 4 members (excludes halogenated alkanes) is 2. The van der Waals surface area contributed by atoms with Gasteiger partial charge in [0.05, 0.1) is 0 Å². The van der Waals surface area contributed by atoms with E-state index in [4.69, 9.17) is 5.11 Å². The van der Waals surface area contributed by atoms with Gasteiger partial charge in [-0.1, -0.05) is 6.08 Å². The summed E-state index contributed by atoms with van der Waals surface area (Å²) in [5.41, 5.74) is 0. The van der Waals surface area contributed by atoms with Crippen molar-refractivity contribution in [3.05, 3.63) is 36.9 Å². The molecule has 0 fully saturated rings. The van der Waals surface area contributed by atoms with Crippen molar-refractivity contribution in [2.75, 3.05) is 5.75 Å². The van der Waals surface area contributed by atoms with E-state index < -0.39 is 0 Å². The predicted molar refractivity (Wildman–Crippen MR) is 62.9 cm³/mol. The molecule has 1 rings (SSSR count). The van der Waals surface area contributed by atoms with Gasteiger partial charge in [-0.2, -0.15) is 0 Å². The van der Waals surface area contributed by atoms with Gasteiger partial charge in [0.2, 0.25) is 0 Å². The van der Waals surface area contributed by atoms with E-state index in [-0.39, 0.29) is 0 Å². The van der Waals surface area contributed by atoms with Crippen molar-refractivity contribution in [3.63, 3.8) is 0 Å². The minimum absolute atomic E-state index is 0.334. The number of benzene rings is 1. The third-order valence-corrected chi connectivity index (χ3v) is 3.01. The second-order valence-corrected chi connectivity index (χ2v) is 4.30. The molecule has 0 spiro atoms. The van der Waals surface area contributed by atoms with Crippen LogP contribution in [-0.4, -0.2) is 10.9 Å². The summed E-state index contributed by atoms with van der Waals surface area (Å²) < 4.78 is 0. The lowest BCUT2D eigenvalue weighted by atomic mass is 10.2. The molecule has 0 aromatic heterocycles. The molecule has 1 nitrogen and oxygen atoms in total. The second kappa shape index (κ2) is 6.55. The molecule has 1 aromatic carbocycles. The van der Waals surface area contributed by atoms with Gasteiger partial charge in [0, 0.05) is 4.90 Å². The van der Waals surface area contributed by atoms with Crippen molar-refractivity contribution in [1.82, 2.24) is 0 Å². The second-order valence-electron chi connectivity index (χ2n) is 3.13. The van der Waals surface area contributed by atoms with E-state index in [0.29, 0.717) is 5.75 Å². The van der Waals surface area contributed by atoms with Crippen LogP contribution >= 0.6 is 11.8 Å². The highest BCUT2D eigenvalue weighted by Crippen LogP contribution is 2.21. The van der Waals surface area contributed by atoms with Gasteiger partial charge < -0.3 is 5.11 Å². The standard InChI is InChI=1S/C12H16OS/c1-2-3-4-5-10-14-12-8-6-11(13)7-9-12/h2,6-9,13H,1,3-5,10H2. The molecule has 2 heteroatoms. The maximum atomic E-state index is 9.08. The zero-order chi connectivity index (χ0) is 10.2. The van der Waals surface area contributed by atoms with Crippen LogP contribution in [0.1, 0.15) is 19.3 Å². The first kappa shape index (κ1) is 11.2. The Morgan fingerprint density at radius 3 is 2.57 bits per heavy atom. The lowest BCUT2D eigenvalue weighted by Crippen LogP contribution is -1.79. The van der Waals surface area contributed by atoms with Crippen LogP contribution in [0.2, 0.25) is 0 Å². The molecule has 0 aliphatic rings. The summed E-state index contributed by atoms with van der Waals surface area (Å²) in [5, 5.41) is 9.08. The van der Waals surface area contributed by atoms with E-state index in [1.165, 1.54) is 17.7 Å². The monoisotopic (exact) mass is 208 g/mol. The summed E-state index contributed by atoms with van der Waals surface area (Å²) in [6.07, 6.45) is 5.51. The Bertz CT molecular complexity index is 266. The predicted octanol–water partition coefficient (Wildman–Crippen LogP) is 3.84. The number of rotatable bonds is 6. The fourth-order valence-electron chi connectivity index (χ4n) is 1.12. The van der Waals surface area contributed by atoms with E-state index >= 15 is 0 Å². The van der Waals surface area contributed by atoms with Gasteiger partial charge in [0.15, 0.2) is 0 Å². The van der Waals surface area contributed by atoms with Crippen molar-refractivity contribution < 1.29 is 5.11 Å². The van der Waals surface area contributed by atoms with Crippen molar-refractivity contribution in [3.8, 4) is 5.75 Å². The molecule has 0 saturated heterocycles. The van der Waals surface area contributed by atoms with Gasteiger partial charge in [-0.25, -0.2) is 0 Å². The Morgan fingerprint density at radius 2 is 1.93 bits per heavy atom. The normalized spacial score (nSPS) is 10.0. The number of hydrogen-bond donors (Lipinski definition) is 1. The summed E-state index contributed by atoms with van der Waals surface area (Å²) in [6, 6.07) is 7.36. The maximum Gasteiger partial charge on any atom is 0.115 e. The largest absolute Gasteiger partial charge is 0.508 e. The molecular formula is C12H16OS. The Morgan fingerprint density at radius 1 is 1.21 bits per heavy atom. The minimum Gasteiger partial charge on any atom is -0.508 e. The molecule has 0 radical (unpaired) electrons. The Hall–Kier alpha value is -0.890. The summed E-state index contributed by atoms with van der Waals surface area (Å²) in [6.45, 7) is 3.69. The SMILES string of the molecule is C=CCCCCSc1ccc(O)cc1. The zero-order valence-corrected chi connectivity index (χ0v) is 9.09. The van der Waals surface area contributed by atoms with Gasteiger partial charge in [0.25, 0.3) is 0 Å². The number of hydrogen-bond acceptors (Lipinski definition) is 2. The van der Waals surface area contributed by atoms with Crippen LogP contribution in [0.5, 0.6) is 5.75 Å². The number of thioether (sulfide) groups is 1. The van der Waals surface area contributed by atoms with Gasteiger partial charge in [0.1, 0.15) is 5.75 Å². The summed E-state index contributed by atoms with van der Waals surface area (Å²) in [4.78, 5) is 1.22. The number of aromatic hydroxyl groups is 1. The Balaban J connectivity index is 2.18. The molecule has 0 unspecified atom stereocenters. The molecule has 0 amide bonds.